The molecule has 10 heteroatoms. The third kappa shape index (κ3) is 6.55. The Hall–Kier alpha value is -3.79. The number of benzene rings is 2. The van der Waals surface area contributed by atoms with Gasteiger partial charge in [0, 0.05) is 50.1 Å². The van der Waals surface area contributed by atoms with Gasteiger partial charge in [-0.05, 0) is 54.4 Å². The van der Waals surface area contributed by atoms with E-state index in [1.807, 2.05) is 12.1 Å². The van der Waals surface area contributed by atoms with Crippen molar-refractivity contribution in [2.24, 2.45) is 0 Å². The third-order valence-corrected chi connectivity index (χ3v) is 7.53. The molecule has 0 unspecified atom stereocenters. The molecule has 202 valence electrons. The molecule has 0 saturated carbocycles. The fourth-order valence-corrected chi connectivity index (χ4v) is 4.98. The quantitative estimate of drug-likeness (QED) is 0.421. The van der Waals surface area contributed by atoms with Crippen molar-refractivity contribution in [3.8, 4) is 22.9 Å². The van der Waals surface area contributed by atoms with Gasteiger partial charge >= 0.3 is 6.09 Å². The molecule has 9 nitrogen and oxygen atoms in total. The molecule has 0 aliphatic carbocycles. The van der Waals surface area contributed by atoms with E-state index >= 15 is 0 Å². The van der Waals surface area contributed by atoms with Crippen LogP contribution >= 0.6 is 0 Å². The molecular weight excluding hydrogens is 508 g/mol. The zero-order chi connectivity index (χ0) is 27.3. The normalized spacial score (nSPS) is 14.2. The Bertz CT molecular complexity index is 1440. The number of methoxy groups -OCH3 is 1. The van der Waals surface area contributed by atoms with Crippen molar-refractivity contribution in [2.45, 2.75) is 43.6 Å². The van der Waals surface area contributed by atoms with Crippen LogP contribution in [0.3, 0.4) is 0 Å². The van der Waals surface area contributed by atoms with Crippen LogP contribution in [0, 0.1) is 0 Å². The number of piperidine rings is 1. The van der Waals surface area contributed by atoms with E-state index in [0.717, 1.165) is 24.7 Å². The number of sulfone groups is 1. The third-order valence-electron chi connectivity index (χ3n) is 6.40. The van der Waals surface area contributed by atoms with E-state index in [2.05, 4.69) is 6.92 Å². The lowest BCUT2D eigenvalue weighted by molar-refractivity contribution is 0.0924. The molecule has 3 aromatic rings. The zero-order valence-corrected chi connectivity index (χ0v) is 22.6. The first kappa shape index (κ1) is 27.3. The molecule has 4 rings (SSSR count). The van der Waals surface area contributed by atoms with Gasteiger partial charge in [0.25, 0.3) is 5.56 Å². The fourth-order valence-electron chi connectivity index (χ4n) is 4.35. The summed E-state index contributed by atoms with van der Waals surface area (Å²) in [5.41, 5.74) is 1.38. The van der Waals surface area contributed by atoms with Crippen molar-refractivity contribution in [3.63, 3.8) is 0 Å². The van der Waals surface area contributed by atoms with Crippen molar-refractivity contribution in [1.82, 2.24) is 9.47 Å². The van der Waals surface area contributed by atoms with Gasteiger partial charge in [-0.3, -0.25) is 9.36 Å². The highest BCUT2D eigenvalue weighted by molar-refractivity contribution is 7.90. The smallest absolute Gasteiger partial charge is 0.415 e. The predicted molar refractivity (Wildman–Crippen MR) is 143 cm³/mol. The molecule has 1 aliphatic heterocycles. The molecule has 0 bridgehead atoms. The largest absolute Gasteiger partial charge is 0.493 e. The van der Waals surface area contributed by atoms with Gasteiger partial charge in [0.15, 0.2) is 21.3 Å². The van der Waals surface area contributed by atoms with Crippen molar-refractivity contribution >= 4 is 15.9 Å². The lowest BCUT2D eigenvalue weighted by Crippen LogP contribution is -2.43. The summed E-state index contributed by atoms with van der Waals surface area (Å²) in [5, 5.41) is 0. The number of likely N-dealkylation sites (tertiary alicyclic amines) is 1. The lowest BCUT2D eigenvalue weighted by atomic mass is 10.1. The second-order valence-corrected chi connectivity index (χ2v) is 11.3. The monoisotopic (exact) mass is 540 g/mol. The number of nitrogens with zero attached hydrogens (tertiary/aromatic N) is 2. The van der Waals surface area contributed by atoms with Gasteiger partial charge in [0.2, 0.25) is 0 Å². The van der Waals surface area contributed by atoms with Crippen molar-refractivity contribution < 1.29 is 27.4 Å². The summed E-state index contributed by atoms with van der Waals surface area (Å²) in [7, 11) is -1.76. The van der Waals surface area contributed by atoms with Crippen LogP contribution in [0.25, 0.3) is 5.69 Å². The van der Waals surface area contributed by atoms with Crippen LogP contribution in [0.4, 0.5) is 4.79 Å². The molecule has 0 radical (unpaired) electrons. The van der Waals surface area contributed by atoms with Crippen LogP contribution in [0.1, 0.15) is 31.7 Å². The van der Waals surface area contributed by atoms with Crippen LogP contribution in [-0.2, 0) is 16.3 Å². The van der Waals surface area contributed by atoms with Crippen molar-refractivity contribution in [1.29, 1.82) is 0 Å². The molecule has 1 amide bonds. The van der Waals surface area contributed by atoms with Crippen LogP contribution in [0.5, 0.6) is 17.2 Å². The highest BCUT2D eigenvalue weighted by atomic mass is 32.2. The molecule has 0 spiro atoms. The van der Waals surface area contributed by atoms with Crippen molar-refractivity contribution in [3.05, 3.63) is 76.7 Å². The van der Waals surface area contributed by atoms with Gasteiger partial charge in [-0.25, -0.2) is 13.2 Å². The minimum absolute atomic E-state index is 0.147. The van der Waals surface area contributed by atoms with Gasteiger partial charge in [-0.1, -0.05) is 19.4 Å². The molecule has 1 fully saturated rings. The number of aryl methyl sites for hydroxylation is 1. The number of carbonyl (C=O) groups is 1. The van der Waals surface area contributed by atoms with E-state index in [1.54, 1.807) is 42.5 Å². The fraction of sp³-hybridized carbons (Fsp3) is 0.357. The number of hydrogen-bond acceptors (Lipinski definition) is 7. The lowest BCUT2D eigenvalue weighted by Gasteiger charge is -2.31. The van der Waals surface area contributed by atoms with Gasteiger partial charge in [-0.15, -0.1) is 0 Å². The second-order valence-electron chi connectivity index (χ2n) is 9.24. The summed E-state index contributed by atoms with van der Waals surface area (Å²) in [6.07, 6.45) is 5.27. The van der Waals surface area contributed by atoms with Crippen LogP contribution < -0.4 is 19.8 Å². The van der Waals surface area contributed by atoms with Gasteiger partial charge < -0.3 is 19.1 Å². The Kier molecular flexibility index (Phi) is 8.41. The van der Waals surface area contributed by atoms with Crippen molar-refractivity contribution in [2.75, 3.05) is 26.5 Å². The SMILES string of the molecule is CCCc1ccc(OC(=O)N2CCC(Oc3ccn(-c4ccc(S(C)(=O)=O)cc4)c(=O)c3)CC2)c(OC)c1. The van der Waals surface area contributed by atoms with E-state index in [9.17, 15) is 18.0 Å². The predicted octanol–water partition coefficient (Wildman–Crippen LogP) is 4.24. The number of pyridine rings is 1. The molecule has 38 heavy (non-hydrogen) atoms. The molecular formula is C28H32N2O7S. The van der Waals surface area contributed by atoms with E-state index in [1.165, 1.54) is 22.8 Å². The Labute approximate surface area is 222 Å². The molecule has 0 N–H and O–H groups in total. The Morgan fingerprint density at radius 2 is 1.71 bits per heavy atom. The summed E-state index contributed by atoms with van der Waals surface area (Å²) in [5.74, 6) is 1.36. The highest BCUT2D eigenvalue weighted by Gasteiger charge is 2.26. The van der Waals surface area contributed by atoms with Gasteiger partial charge in [-0.2, -0.15) is 0 Å². The Morgan fingerprint density at radius 3 is 2.32 bits per heavy atom. The molecule has 1 aliphatic rings. The van der Waals surface area contributed by atoms with E-state index in [-0.39, 0.29) is 16.6 Å². The summed E-state index contributed by atoms with van der Waals surface area (Å²) >= 11 is 0. The first-order valence-corrected chi connectivity index (χ1v) is 14.4. The average molecular weight is 541 g/mol. The number of amides is 1. The first-order chi connectivity index (χ1) is 18.2. The number of hydrogen-bond donors (Lipinski definition) is 0. The van der Waals surface area contributed by atoms with Crippen LogP contribution in [0.2, 0.25) is 0 Å². The molecule has 2 aromatic carbocycles. The molecule has 1 aromatic heterocycles. The van der Waals surface area contributed by atoms with Crippen LogP contribution in [0.15, 0.2) is 70.5 Å². The van der Waals surface area contributed by atoms with Crippen LogP contribution in [-0.4, -0.2) is 56.5 Å². The Balaban J connectivity index is 1.33. The second kappa shape index (κ2) is 11.7. The maximum absolute atomic E-state index is 12.7. The maximum Gasteiger partial charge on any atom is 0.415 e. The summed E-state index contributed by atoms with van der Waals surface area (Å²) in [6, 6.07) is 14.8. The number of rotatable bonds is 8. The average Bonchev–Trinajstić information content (AvgIpc) is 2.90. The van der Waals surface area contributed by atoms with E-state index < -0.39 is 15.9 Å². The summed E-state index contributed by atoms with van der Waals surface area (Å²) in [4.78, 5) is 27.2. The molecule has 2 heterocycles. The number of aromatic nitrogens is 1. The molecule has 0 atom stereocenters. The maximum atomic E-state index is 12.7. The van der Waals surface area contributed by atoms with E-state index in [4.69, 9.17) is 14.2 Å². The summed E-state index contributed by atoms with van der Waals surface area (Å²) < 4.78 is 41.8. The van der Waals surface area contributed by atoms with E-state index in [0.29, 0.717) is 48.9 Å². The zero-order valence-electron chi connectivity index (χ0n) is 21.8. The summed E-state index contributed by atoms with van der Waals surface area (Å²) in [6.45, 7) is 3.03. The highest BCUT2D eigenvalue weighted by Crippen LogP contribution is 2.29. The standard InChI is InChI=1S/C28H32N2O7S/c1-4-5-20-6-11-25(26(18-20)35-2)37-28(32)29-15-12-22(13-16-29)36-23-14-17-30(27(31)19-23)21-7-9-24(10-8-21)38(3,33)34/h6-11,14,17-19,22H,4-5,12-13,15-16H2,1-3H3. The van der Waals surface area contributed by atoms with Gasteiger partial charge in [0.05, 0.1) is 12.0 Å². The number of carbonyl (C=O) groups excluding carboxylic acids is 1. The molecule has 1 saturated heterocycles. The topological polar surface area (TPSA) is 104 Å². The minimum atomic E-state index is -3.31. The number of ether oxygens (including phenoxy) is 3. The first-order valence-electron chi connectivity index (χ1n) is 12.5. The minimum Gasteiger partial charge on any atom is -0.493 e. The Morgan fingerprint density at radius 1 is 1.00 bits per heavy atom. The van der Waals surface area contributed by atoms with Gasteiger partial charge in [0.1, 0.15) is 11.9 Å².